The Morgan fingerprint density at radius 3 is 2.48 bits per heavy atom. The molecule has 2 aromatic rings. The second-order valence-corrected chi connectivity index (χ2v) is 6.10. The highest BCUT2D eigenvalue weighted by molar-refractivity contribution is 9.10. The number of nitrogen functional groups attached to an aromatic ring is 1. The Kier molecular flexibility index (Phi) is 5.15. The van der Waals surface area contributed by atoms with Crippen LogP contribution in [0.4, 0.5) is 5.69 Å². The lowest BCUT2D eigenvalue weighted by atomic mass is 10.1. The molecule has 110 valence electrons. The minimum Gasteiger partial charge on any atom is -0.398 e. The number of anilines is 1. The summed E-state index contributed by atoms with van der Waals surface area (Å²) >= 11 is 3.43. The van der Waals surface area contributed by atoms with E-state index < -0.39 is 0 Å². The molecule has 3 nitrogen and oxygen atoms in total. The van der Waals surface area contributed by atoms with Gasteiger partial charge in [-0.3, -0.25) is 9.69 Å². The van der Waals surface area contributed by atoms with Gasteiger partial charge in [-0.05, 0) is 53.2 Å². The molecule has 0 aliphatic carbocycles. The van der Waals surface area contributed by atoms with Crippen LogP contribution in [-0.4, -0.2) is 17.7 Å². The molecule has 0 atom stereocenters. The molecule has 2 aromatic carbocycles. The molecule has 4 heteroatoms. The van der Waals surface area contributed by atoms with Gasteiger partial charge in [-0.2, -0.15) is 0 Å². The second kappa shape index (κ2) is 6.87. The number of nitrogens with zero attached hydrogens (tertiary/aromatic N) is 1. The third-order valence-electron chi connectivity index (χ3n) is 3.36. The average Bonchev–Trinajstić information content (AvgIpc) is 2.44. The molecule has 2 N–H and O–H groups in total. The van der Waals surface area contributed by atoms with Crippen LogP contribution in [-0.2, 0) is 13.1 Å². The molecule has 0 aliphatic rings. The first-order valence-corrected chi connectivity index (χ1v) is 7.58. The fourth-order valence-corrected chi connectivity index (χ4v) is 2.75. The normalized spacial score (nSPS) is 10.9. The van der Waals surface area contributed by atoms with Gasteiger partial charge in [0.05, 0.1) is 5.69 Å². The van der Waals surface area contributed by atoms with E-state index in [-0.39, 0.29) is 5.78 Å². The molecule has 2 rings (SSSR count). The summed E-state index contributed by atoms with van der Waals surface area (Å²) in [7, 11) is 2.04. The number of hydrogen-bond acceptors (Lipinski definition) is 3. The molecular weight excluding hydrogens is 328 g/mol. The van der Waals surface area contributed by atoms with Crippen molar-refractivity contribution in [2.24, 2.45) is 0 Å². The second-order valence-electron chi connectivity index (χ2n) is 5.24. The van der Waals surface area contributed by atoms with Gasteiger partial charge in [0.15, 0.2) is 5.78 Å². The van der Waals surface area contributed by atoms with E-state index in [1.165, 1.54) is 5.56 Å². The molecular formula is C17H19BrN2O. The molecule has 0 saturated carbocycles. The molecule has 0 saturated heterocycles. The highest BCUT2D eigenvalue weighted by Gasteiger charge is 2.11. The Balaban J connectivity index is 2.17. The molecule has 21 heavy (non-hydrogen) atoms. The van der Waals surface area contributed by atoms with Crippen LogP contribution in [0.25, 0.3) is 0 Å². The van der Waals surface area contributed by atoms with E-state index in [9.17, 15) is 4.79 Å². The maximum Gasteiger partial charge on any atom is 0.159 e. The number of nitrogens with two attached hydrogens (primary N) is 1. The Labute approximate surface area is 133 Å². The third kappa shape index (κ3) is 4.16. The fourth-order valence-electron chi connectivity index (χ4n) is 2.25. The first-order valence-electron chi connectivity index (χ1n) is 6.78. The lowest BCUT2D eigenvalue weighted by Gasteiger charge is -2.19. The van der Waals surface area contributed by atoms with Gasteiger partial charge in [0.25, 0.3) is 0 Å². The largest absolute Gasteiger partial charge is 0.398 e. The number of benzene rings is 2. The molecule has 0 unspecified atom stereocenters. The Morgan fingerprint density at radius 1 is 1.19 bits per heavy atom. The topological polar surface area (TPSA) is 46.3 Å². The number of hydrogen-bond donors (Lipinski definition) is 1. The van der Waals surface area contributed by atoms with Crippen LogP contribution < -0.4 is 5.73 Å². The minimum atomic E-state index is 0.0441. The van der Waals surface area contributed by atoms with E-state index >= 15 is 0 Å². The van der Waals surface area contributed by atoms with Crippen molar-refractivity contribution in [3.63, 3.8) is 0 Å². The highest BCUT2D eigenvalue weighted by atomic mass is 79.9. The van der Waals surface area contributed by atoms with E-state index in [1.54, 1.807) is 13.0 Å². The number of carbonyl (C=O) groups is 1. The van der Waals surface area contributed by atoms with Gasteiger partial charge >= 0.3 is 0 Å². The summed E-state index contributed by atoms with van der Waals surface area (Å²) in [6.45, 7) is 3.10. The van der Waals surface area contributed by atoms with Gasteiger partial charge in [-0.25, -0.2) is 0 Å². The maximum absolute atomic E-state index is 11.6. The predicted molar refractivity (Wildman–Crippen MR) is 90.2 cm³/mol. The van der Waals surface area contributed by atoms with Gasteiger partial charge in [-0.15, -0.1) is 0 Å². The van der Waals surface area contributed by atoms with Crippen molar-refractivity contribution in [1.82, 2.24) is 4.90 Å². The highest BCUT2D eigenvalue weighted by Crippen LogP contribution is 2.27. The molecule has 0 radical (unpaired) electrons. The zero-order chi connectivity index (χ0) is 15.4. The quantitative estimate of drug-likeness (QED) is 0.660. The zero-order valence-corrected chi connectivity index (χ0v) is 13.9. The van der Waals surface area contributed by atoms with Gasteiger partial charge in [-0.1, -0.05) is 30.3 Å². The van der Waals surface area contributed by atoms with Crippen LogP contribution in [0, 0.1) is 0 Å². The van der Waals surface area contributed by atoms with Crippen molar-refractivity contribution < 1.29 is 4.79 Å². The van der Waals surface area contributed by atoms with Crippen LogP contribution >= 0.6 is 15.9 Å². The van der Waals surface area contributed by atoms with Crippen molar-refractivity contribution in [2.45, 2.75) is 20.0 Å². The van der Waals surface area contributed by atoms with Crippen LogP contribution in [0.1, 0.15) is 28.4 Å². The maximum atomic E-state index is 11.6. The molecule has 0 aromatic heterocycles. The minimum absolute atomic E-state index is 0.0441. The van der Waals surface area contributed by atoms with E-state index in [0.717, 1.165) is 16.6 Å². The van der Waals surface area contributed by atoms with E-state index in [1.807, 2.05) is 31.3 Å². The van der Waals surface area contributed by atoms with Crippen LogP contribution in [0.5, 0.6) is 0 Å². The van der Waals surface area contributed by atoms with Crippen molar-refractivity contribution in [3.8, 4) is 0 Å². The van der Waals surface area contributed by atoms with E-state index in [4.69, 9.17) is 5.73 Å². The first kappa shape index (κ1) is 15.7. The van der Waals surface area contributed by atoms with Gasteiger partial charge in [0.1, 0.15) is 0 Å². The Hall–Kier alpha value is -1.65. The average molecular weight is 347 g/mol. The lowest BCUT2D eigenvalue weighted by molar-refractivity contribution is 0.101. The lowest BCUT2D eigenvalue weighted by Crippen LogP contribution is -2.18. The van der Waals surface area contributed by atoms with Crippen molar-refractivity contribution in [3.05, 3.63) is 63.6 Å². The molecule has 0 amide bonds. The number of carbonyl (C=O) groups excluding carboxylic acids is 1. The predicted octanol–water partition coefficient (Wildman–Crippen LogP) is 3.87. The summed E-state index contributed by atoms with van der Waals surface area (Å²) in [6, 6.07) is 13.9. The van der Waals surface area contributed by atoms with Gasteiger partial charge in [0, 0.05) is 23.1 Å². The van der Waals surface area contributed by atoms with Gasteiger partial charge in [0.2, 0.25) is 0 Å². The molecule has 0 heterocycles. The summed E-state index contributed by atoms with van der Waals surface area (Å²) in [5.41, 5.74) is 9.70. The van der Waals surface area contributed by atoms with Crippen LogP contribution in [0.3, 0.4) is 0 Å². The molecule has 0 bridgehead atoms. The number of ketones is 1. The Bertz CT molecular complexity index is 641. The van der Waals surface area contributed by atoms with Crippen LogP contribution in [0.15, 0.2) is 46.9 Å². The summed E-state index contributed by atoms with van der Waals surface area (Å²) in [5.74, 6) is 0.0441. The Morgan fingerprint density at radius 2 is 1.86 bits per heavy atom. The summed E-state index contributed by atoms with van der Waals surface area (Å²) < 4.78 is 0.776. The molecule has 0 fully saturated rings. The summed E-state index contributed by atoms with van der Waals surface area (Å²) in [5, 5.41) is 0. The monoisotopic (exact) mass is 346 g/mol. The van der Waals surface area contributed by atoms with Gasteiger partial charge < -0.3 is 5.73 Å². The summed E-state index contributed by atoms with van der Waals surface area (Å²) in [4.78, 5) is 13.7. The first-order chi connectivity index (χ1) is 9.97. The smallest absolute Gasteiger partial charge is 0.159 e. The van der Waals surface area contributed by atoms with Crippen molar-refractivity contribution >= 4 is 27.4 Å². The number of rotatable bonds is 5. The van der Waals surface area contributed by atoms with Crippen LogP contribution in [0.2, 0.25) is 0 Å². The molecule has 0 aliphatic heterocycles. The van der Waals surface area contributed by atoms with E-state index in [0.29, 0.717) is 17.8 Å². The zero-order valence-electron chi connectivity index (χ0n) is 12.3. The van der Waals surface area contributed by atoms with E-state index in [2.05, 4.69) is 33.0 Å². The third-order valence-corrected chi connectivity index (χ3v) is 4.01. The fraction of sp³-hybridized carbons (Fsp3) is 0.235. The SMILES string of the molecule is CC(=O)c1cc(Br)c(N)c(CN(C)Cc2ccccc2)c1. The standard InChI is InChI=1S/C17H19BrN2O/c1-12(21)14-8-15(17(19)16(18)9-14)11-20(2)10-13-6-4-3-5-7-13/h3-9H,10-11,19H2,1-2H3. The number of halogens is 1. The van der Waals surface area contributed by atoms with Crippen molar-refractivity contribution in [2.75, 3.05) is 12.8 Å². The molecule has 0 spiro atoms. The van der Waals surface area contributed by atoms with Crippen molar-refractivity contribution in [1.29, 1.82) is 0 Å². The number of Topliss-reactive ketones (excluding diaryl/α,β-unsaturated/α-hetero) is 1. The summed E-state index contributed by atoms with van der Waals surface area (Å²) in [6.07, 6.45) is 0.